The number of nitrogens with zero attached hydrogens (tertiary/aromatic N) is 2. The quantitative estimate of drug-likeness (QED) is 0.718. The topological polar surface area (TPSA) is 88.2 Å². The summed E-state index contributed by atoms with van der Waals surface area (Å²) in [5, 5.41) is 9.30. The van der Waals surface area contributed by atoms with Gasteiger partial charge in [0.15, 0.2) is 0 Å². The second-order valence-electron chi connectivity index (χ2n) is 5.06. The number of amides is 1. The Hall–Kier alpha value is -1.89. The zero-order valence-corrected chi connectivity index (χ0v) is 12.8. The average Bonchev–Trinajstić information content (AvgIpc) is 3.05. The van der Waals surface area contributed by atoms with E-state index < -0.39 is 0 Å². The second-order valence-corrected chi connectivity index (χ2v) is 5.06. The van der Waals surface area contributed by atoms with Crippen LogP contribution in [0.4, 0.5) is 5.95 Å². The SMILES string of the molecule is CCC(NC(=O)c1cnc(NC)nc1OC)C1CCCN1. The number of rotatable bonds is 6. The number of aromatic nitrogens is 2. The first-order valence-corrected chi connectivity index (χ1v) is 7.32. The van der Waals surface area contributed by atoms with Gasteiger partial charge in [0, 0.05) is 25.3 Å². The minimum Gasteiger partial charge on any atom is -0.480 e. The molecule has 2 atom stereocenters. The fraction of sp³-hybridized carbons (Fsp3) is 0.643. The van der Waals surface area contributed by atoms with Crippen LogP contribution in [-0.4, -0.2) is 48.7 Å². The Labute approximate surface area is 124 Å². The summed E-state index contributed by atoms with van der Waals surface area (Å²) in [4.78, 5) is 20.7. The number of methoxy groups -OCH3 is 1. The highest BCUT2D eigenvalue weighted by molar-refractivity contribution is 5.96. The van der Waals surface area contributed by atoms with Gasteiger partial charge in [0.05, 0.1) is 7.11 Å². The molecule has 1 amide bonds. The normalized spacial score (nSPS) is 19.1. The summed E-state index contributed by atoms with van der Waals surface area (Å²) in [5.74, 6) is 0.504. The number of anilines is 1. The Morgan fingerprint density at radius 2 is 2.43 bits per heavy atom. The molecule has 0 spiro atoms. The smallest absolute Gasteiger partial charge is 0.258 e. The minimum absolute atomic E-state index is 0.105. The molecule has 3 N–H and O–H groups in total. The lowest BCUT2D eigenvalue weighted by atomic mass is 10.0. The Bertz CT molecular complexity index is 488. The van der Waals surface area contributed by atoms with Gasteiger partial charge in [-0.2, -0.15) is 4.98 Å². The van der Waals surface area contributed by atoms with Crippen LogP contribution in [-0.2, 0) is 0 Å². The number of ether oxygens (including phenoxy) is 1. The summed E-state index contributed by atoms with van der Waals surface area (Å²) >= 11 is 0. The van der Waals surface area contributed by atoms with Gasteiger partial charge in [-0.15, -0.1) is 0 Å². The first-order chi connectivity index (χ1) is 10.2. The van der Waals surface area contributed by atoms with Crippen molar-refractivity contribution in [1.29, 1.82) is 0 Å². The van der Waals surface area contributed by atoms with E-state index in [-0.39, 0.29) is 17.8 Å². The maximum Gasteiger partial charge on any atom is 0.258 e. The van der Waals surface area contributed by atoms with Crippen LogP contribution in [0.2, 0.25) is 0 Å². The number of nitrogens with one attached hydrogen (secondary N) is 3. The van der Waals surface area contributed by atoms with E-state index in [1.165, 1.54) is 13.3 Å². The molecule has 0 aliphatic carbocycles. The molecule has 1 saturated heterocycles. The molecule has 0 saturated carbocycles. The van der Waals surface area contributed by atoms with Crippen LogP contribution in [0.1, 0.15) is 36.5 Å². The molecule has 2 rings (SSSR count). The molecule has 116 valence electrons. The maximum atomic E-state index is 12.4. The molecular formula is C14H23N5O2. The van der Waals surface area contributed by atoms with Crippen LogP contribution < -0.4 is 20.7 Å². The van der Waals surface area contributed by atoms with Crippen LogP contribution in [0.15, 0.2) is 6.20 Å². The highest BCUT2D eigenvalue weighted by Gasteiger charge is 2.26. The number of hydrogen-bond acceptors (Lipinski definition) is 6. The van der Waals surface area contributed by atoms with Gasteiger partial charge in [0.1, 0.15) is 5.56 Å². The van der Waals surface area contributed by atoms with Gasteiger partial charge in [-0.25, -0.2) is 4.98 Å². The Morgan fingerprint density at radius 1 is 1.62 bits per heavy atom. The van der Waals surface area contributed by atoms with E-state index in [0.29, 0.717) is 17.6 Å². The summed E-state index contributed by atoms with van der Waals surface area (Å²) in [5.41, 5.74) is 0.355. The largest absolute Gasteiger partial charge is 0.480 e. The lowest BCUT2D eigenvalue weighted by Gasteiger charge is -2.24. The van der Waals surface area contributed by atoms with Crippen LogP contribution in [0, 0.1) is 0 Å². The molecule has 2 heterocycles. The van der Waals surface area contributed by atoms with Crippen molar-refractivity contribution in [3.05, 3.63) is 11.8 Å². The van der Waals surface area contributed by atoms with E-state index in [1.54, 1.807) is 7.05 Å². The zero-order chi connectivity index (χ0) is 15.2. The monoisotopic (exact) mass is 293 g/mol. The molecule has 1 aromatic rings. The average molecular weight is 293 g/mol. The van der Waals surface area contributed by atoms with E-state index >= 15 is 0 Å². The molecule has 7 heteroatoms. The maximum absolute atomic E-state index is 12.4. The standard InChI is InChI=1S/C14H23N5O2/c1-4-10(11-6-5-7-16-11)18-12(20)9-8-17-14(15-2)19-13(9)21-3/h8,10-11,16H,4-7H2,1-3H3,(H,18,20)(H,15,17,19). The van der Waals surface area contributed by atoms with Crippen molar-refractivity contribution in [3.63, 3.8) is 0 Å². The first-order valence-electron chi connectivity index (χ1n) is 7.32. The number of carbonyl (C=O) groups excluding carboxylic acids is 1. The van der Waals surface area contributed by atoms with Crippen LogP contribution in [0.25, 0.3) is 0 Å². The lowest BCUT2D eigenvalue weighted by molar-refractivity contribution is 0.0923. The molecule has 0 radical (unpaired) electrons. The molecule has 1 aromatic heterocycles. The number of carbonyl (C=O) groups is 1. The molecule has 2 unspecified atom stereocenters. The van der Waals surface area contributed by atoms with Crippen molar-refractivity contribution in [1.82, 2.24) is 20.6 Å². The van der Waals surface area contributed by atoms with Crippen molar-refractivity contribution in [2.24, 2.45) is 0 Å². The van der Waals surface area contributed by atoms with E-state index in [1.807, 2.05) is 0 Å². The number of hydrogen-bond donors (Lipinski definition) is 3. The van der Waals surface area contributed by atoms with Crippen molar-refractivity contribution in [3.8, 4) is 5.88 Å². The van der Waals surface area contributed by atoms with Crippen molar-refractivity contribution in [2.75, 3.05) is 26.0 Å². The predicted molar refractivity (Wildman–Crippen MR) is 80.7 cm³/mol. The van der Waals surface area contributed by atoms with E-state index in [0.717, 1.165) is 25.8 Å². The molecule has 1 aliphatic rings. The molecule has 1 aliphatic heterocycles. The molecular weight excluding hydrogens is 270 g/mol. The minimum atomic E-state index is -0.199. The van der Waals surface area contributed by atoms with Crippen molar-refractivity contribution < 1.29 is 9.53 Å². The molecule has 7 nitrogen and oxygen atoms in total. The van der Waals surface area contributed by atoms with Gasteiger partial charge in [-0.1, -0.05) is 6.92 Å². The third-order valence-corrected chi connectivity index (χ3v) is 3.76. The van der Waals surface area contributed by atoms with Crippen molar-refractivity contribution in [2.45, 2.75) is 38.3 Å². The summed E-state index contributed by atoms with van der Waals surface area (Å²) < 4.78 is 5.18. The van der Waals surface area contributed by atoms with E-state index in [2.05, 4.69) is 32.8 Å². The van der Waals surface area contributed by atoms with E-state index in [9.17, 15) is 4.79 Å². The Kier molecular flexibility index (Phi) is 5.32. The highest BCUT2D eigenvalue weighted by atomic mass is 16.5. The van der Waals surface area contributed by atoms with Crippen LogP contribution in [0.3, 0.4) is 0 Å². The summed E-state index contributed by atoms with van der Waals surface area (Å²) in [7, 11) is 3.21. The van der Waals surface area contributed by atoms with Crippen LogP contribution >= 0.6 is 0 Å². The molecule has 1 fully saturated rings. The summed E-state index contributed by atoms with van der Waals surface area (Å²) in [6, 6.07) is 0.441. The fourth-order valence-corrected chi connectivity index (χ4v) is 2.59. The lowest BCUT2D eigenvalue weighted by Crippen LogP contribution is -2.47. The molecule has 0 bridgehead atoms. The third kappa shape index (κ3) is 3.60. The zero-order valence-electron chi connectivity index (χ0n) is 12.8. The molecule has 21 heavy (non-hydrogen) atoms. The summed E-state index contributed by atoms with van der Waals surface area (Å²) in [6.45, 7) is 3.09. The van der Waals surface area contributed by atoms with Gasteiger partial charge in [-0.3, -0.25) is 4.79 Å². The highest BCUT2D eigenvalue weighted by Crippen LogP contribution is 2.17. The fourth-order valence-electron chi connectivity index (χ4n) is 2.59. The van der Waals surface area contributed by atoms with E-state index in [4.69, 9.17) is 4.74 Å². The third-order valence-electron chi connectivity index (χ3n) is 3.76. The Balaban J connectivity index is 2.11. The van der Waals surface area contributed by atoms with Crippen LogP contribution in [0.5, 0.6) is 5.88 Å². The molecule has 0 aromatic carbocycles. The predicted octanol–water partition coefficient (Wildman–Crippen LogP) is 0.787. The van der Waals surface area contributed by atoms with Gasteiger partial charge < -0.3 is 20.7 Å². The second kappa shape index (κ2) is 7.21. The van der Waals surface area contributed by atoms with Gasteiger partial charge in [0.2, 0.25) is 11.8 Å². The van der Waals surface area contributed by atoms with Gasteiger partial charge in [0.25, 0.3) is 5.91 Å². The van der Waals surface area contributed by atoms with Gasteiger partial charge in [-0.05, 0) is 25.8 Å². The van der Waals surface area contributed by atoms with Crippen molar-refractivity contribution >= 4 is 11.9 Å². The Morgan fingerprint density at radius 3 is 3.00 bits per heavy atom. The first kappa shape index (κ1) is 15.5. The summed E-state index contributed by atoms with van der Waals surface area (Å²) in [6.07, 6.45) is 4.61. The van der Waals surface area contributed by atoms with Gasteiger partial charge >= 0.3 is 0 Å².